The molecule has 2 unspecified atom stereocenters. The number of aliphatic hydroxyl groups excluding tert-OH is 1. The molecule has 0 bridgehead atoms. The first-order valence-electron chi connectivity index (χ1n) is 7.18. The average molecular weight is 302 g/mol. The van der Waals surface area contributed by atoms with Crippen LogP contribution in [0.2, 0.25) is 23.7 Å². The van der Waals surface area contributed by atoms with Crippen LogP contribution in [0, 0.1) is 5.92 Å². The number of carbonyl (C=O) groups is 1. The summed E-state index contributed by atoms with van der Waals surface area (Å²) in [4.78, 5) is 16.3. The fourth-order valence-electron chi connectivity index (χ4n) is 2.36. The van der Waals surface area contributed by atoms with E-state index >= 15 is 0 Å². The second-order valence-electron chi connectivity index (χ2n) is 7.03. The molecule has 5 heteroatoms. The standard InChI is InChI=1S/C15H31NO3Si/c1-8-9-19-16(12-18)10-13(2)14(11-17)20(6,7)15(3,4)5/h8,12-14,17H,1,9-11H2,2-7H3. The summed E-state index contributed by atoms with van der Waals surface area (Å²) in [6, 6.07) is 0. The van der Waals surface area contributed by atoms with Gasteiger partial charge in [-0.3, -0.25) is 9.63 Å². The van der Waals surface area contributed by atoms with Crippen LogP contribution in [0.15, 0.2) is 12.7 Å². The molecule has 0 aromatic rings. The molecule has 0 saturated carbocycles. The Hall–Kier alpha value is -0.653. The SMILES string of the molecule is C=CCON(C=O)CC(C)C(CO)[Si](C)(C)C(C)(C)C. The van der Waals surface area contributed by atoms with E-state index in [0.29, 0.717) is 19.6 Å². The molecule has 0 aliphatic rings. The van der Waals surface area contributed by atoms with Gasteiger partial charge in [0.1, 0.15) is 0 Å². The van der Waals surface area contributed by atoms with E-state index in [1.807, 2.05) is 0 Å². The molecule has 2 atom stereocenters. The molecule has 0 aromatic carbocycles. The number of hydrogen-bond acceptors (Lipinski definition) is 3. The zero-order valence-corrected chi connectivity index (χ0v) is 14.8. The molecule has 20 heavy (non-hydrogen) atoms. The van der Waals surface area contributed by atoms with Crippen LogP contribution in [0.25, 0.3) is 0 Å². The minimum absolute atomic E-state index is 0.159. The van der Waals surface area contributed by atoms with Crippen molar-refractivity contribution in [2.45, 2.75) is 51.4 Å². The molecule has 0 heterocycles. The first kappa shape index (κ1) is 19.3. The number of carbonyl (C=O) groups excluding carboxylic acids is 1. The minimum Gasteiger partial charge on any atom is -0.396 e. The van der Waals surface area contributed by atoms with Gasteiger partial charge >= 0.3 is 0 Å². The zero-order valence-electron chi connectivity index (χ0n) is 13.8. The predicted octanol–water partition coefficient (Wildman–Crippen LogP) is 3.07. The van der Waals surface area contributed by atoms with Crippen molar-refractivity contribution in [2.75, 3.05) is 19.8 Å². The van der Waals surface area contributed by atoms with Crippen molar-refractivity contribution in [1.29, 1.82) is 0 Å². The van der Waals surface area contributed by atoms with Gasteiger partial charge in [0, 0.05) is 6.61 Å². The first-order valence-corrected chi connectivity index (χ1v) is 10.3. The highest BCUT2D eigenvalue weighted by atomic mass is 28.3. The van der Waals surface area contributed by atoms with Gasteiger partial charge in [0.05, 0.1) is 21.2 Å². The van der Waals surface area contributed by atoms with Crippen LogP contribution in [0.3, 0.4) is 0 Å². The van der Waals surface area contributed by atoms with Crippen LogP contribution in [0.1, 0.15) is 27.7 Å². The maximum absolute atomic E-state index is 11.0. The molecule has 118 valence electrons. The summed E-state index contributed by atoms with van der Waals surface area (Å²) in [6.07, 6.45) is 2.30. The first-order chi connectivity index (χ1) is 9.11. The summed E-state index contributed by atoms with van der Waals surface area (Å²) < 4.78 is 0. The molecule has 1 amide bonds. The highest BCUT2D eigenvalue weighted by Gasteiger charge is 2.44. The van der Waals surface area contributed by atoms with E-state index in [2.05, 4.69) is 47.4 Å². The molecular formula is C15H31NO3Si. The topological polar surface area (TPSA) is 49.8 Å². The minimum atomic E-state index is -1.68. The van der Waals surface area contributed by atoms with E-state index in [9.17, 15) is 9.90 Å². The highest BCUT2D eigenvalue weighted by Crippen LogP contribution is 2.46. The zero-order chi connectivity index (χ0) is 16.0. The molecule has 1 N–H and O–H groups in total. The Labute approximate surface area is 124 Å². The summed E-state index contributed by atoms with van der Waals surface area (Å²) in [5.74, 6) is 0.191. The quantitative estimate of drug-likeness (QED) is 0.308. The summed E-state index contributed by atoms with van der Waals surface area (Å²) in [7, 11) is -1.68. The Morgan fingerprint density at radius 1 is 1.40 bits per heavy atom. The summed E-state index contributed by atoms with van der Waals surface area (Å²) in [5.41, 5.74) is 0.220. The molecule has 0 aliphatic heterocycles. The van der Waals surface area contributed by atoms with E-state index in [0.717, 1.165) is 0 Å². The number of rotatable bonds is 9. The Morgan fingerprint density at radius 2 is 1.95 bits per heavy atom. The van der Waals surface area contributed by atoms with Crippen LogP contribution in [-0.4, -0.2) is 44.4 Å². The van der Waals surface area contributed by atoms with Gasteiger partial charge in [-0.15, -0.1) is 6.58 Å². The van der Waals surface area contributed by atoms with E-state index < -0.39 is 8.07 Å². The molecular weight excluding hydrogens is 270 g/mol. The van der Waals surface area contributed by atoms with E-state index in [-0.39, 0.29) is 23.1 Å². The van der Waals surface area contributed by atoms with Crippen LogP contribution in [0.5, 0.6) is 0 Å². The van der Waals surface area contributed by atoms with Gasteiger partial charge in [0.2, 0.25) is 6.41 Å². The number of aliphatic hydroxyl groups is 1. The Morgan fingerprint density at radius 3 is 2.30 bits per heavy atom. The second-order valence-corrected chi connectivity index (χ2v) is 12.7. The van der Waals surface area contributed by atoms with Crippen molar-refractivity contribution in [3.63, 3.8) is 0 Å². The maximum atomic E-state index is 11.0. The van der Waals surface area contributed by atoms with Gasteiger partial charge in [0.15, 0.2) is 0 Å². The van der Waals surface area contributed by atoms with Crippen molar-refractivity contribution >= 4 is 14.5 Å². The van der Waals surface area contributed by atoms with Crippen molar-refractivity contribution in [3.05, 3.63) is 12.7 Å². The van der Waals surface area contributed by atoms with Gasteiger partial charge in [-0.25, -0.2) is 5.06 Å². The lowest BCUT2D eigenvalue weighted by Crippen LogP contribution is -2.48. The third-order valence-corrected chi connectivity index (χ3v) is 11.2. The summed E-state index contributed by atoms with van der Waals surface area (Å²) >= 11 is 0. The highest BCUT2D eigenvalue weighted by molar-refractivity contribution is 6.81. The monoisotopic (exact) mass is 301 g/mol. The van der Waals surface area contributed by atoms with Gasteiger partial charge in [0.25, 0.3) is 0 Å². The molecule has 4 nitrogen and oxygen atoms in total. The fourth-order valence-corrected chi connectivity index (χ4v) is 5.46. The molecule has 0 radical (unpaired) electrons. The summed E-state index contributed by atoms with van der Waals surface area (Å²) in [5, 5.41) is 11.3. The number of hydrogen-bond donors (Lipinski definition) is 1. The molecule has 0 aliphatic carbocycles. The van der Waals surface area contributed by atoms with Crippen LogP contribution in [0.4, 0.5) is 0 Å². The number of hydroxylamine groups is 2. The third-order valence-electron chi connectivity index (χ3n) is 4.69. The Bertz CT molecular complexity index is 313. The van der Waals surface area contributed by atoms with Gasteiger partial charge in [-0.05, 0) is 16.5 Å². The van der Waals surface area contributed by atoms with Crippen LogP contribution in [-0.2, 0) is 9.63 Å². The van der Waals surface area contributed by atoms with E-state index in [1.54, 1.807) is 6.08 Å². The van der Waals surface area contributed by atoms with Crippen molar-refractivity contribution in [2.24, 2.45) is 5.92 Å². The van der Waals surface area contributed by atoms with Crippen LogP contribution >= 0.6 is 0 Å². The third kappa shape index (κ3) is 5.03. The van der Waals surface area contributed by atoms with Gasteiger partial charge in [-0.1, -0.05) is 46.9 Å². The normalized spacial score (nSPS) is 15.6. The molecule has 0 spiro atoms. The van der Waals surface area contributed by atoms with E-state index in [1.165, 1.54) is 5.06 Å². The largest absolute Gasteiger partial charge is 0.396 e. The Kier molecular flexibility index (Phi) is 7.69. The van der Waals surface area contributed by atoms with Gasteiger partial charge in [-0.2, -0.15) is 0 Å². The predicted molar refractivity (Wildman–Crippen MR) is 86.1 cm³/mol. The lowest BCUT2D eigenvalue weighted by molar-refractivity contribution is -0.170. The van der Waals surface area contributed by atoms with Crippen molar-refractivity contribution in [1.82, 2.24) is 5.06 Å². The smallest absolute Gasteiger partial charge is 0.233 e. The maximum Gasteiger partial charge on any atom is 0.233 e. The van der Waals surface area contributed by atoms with Crippen molar-refractivity contribution in [3.8, 4) is 0 Å². The summed E-state index contributed by atoms with van der Waals surface area (Å²) in [6.45, 7) is 17.9. The average Bonchev–Trinajstić information content (AvgIpc) is 2.33. The lowest BCUT2D eigenvalue weighted by atomic mass is 10.1. The molecule has 0 saturated heterocycles. The number of nitrogens with zero attached hydrogens (tertiary/aromatic N) is 1. The van der Waals surface area contributed by atoms with Crippen molar-refractivity contribution < 1.29 is 14.7 Å². The van der Waals surface area contributed by atoms with Crippen LogP contribution < -0.4 is 0 Å². The Balaban J connectivity index is 4.89. The van der Waals surface area contributed by atoms with E-state index in [4.69, 9.17) is 4.84 Å². The van der Waals surface area contributed by atoms with Gasteiger partial charge < -0.3 is 5.11 Å². The molecule has 0 fully saturated rings. The lowest BCUT2D eigenvalue weighted by Gasteiger charge is -2.45. The fraction of sp³-hybridized carbons (Fsp3) is 0.800. The molecule has 0 aromatic heterocycles. The molecule has 0 rings (SSSR count). The second kappa shape index (κ2) is 7.95. The number of amides is 1.